The van der Waals surface area contributed by atoms with E-state index in [0.29, 0.717) is 17.1 Å². The number of ether oxygens (including phenoxy) is 2. The van der Waals surface area contributed by atoms with Crippen molar-refractivity contribution in [1.29, 1.82) is 0 Å². The molecule has 0 saturated carbocycles. The van der Waals surface area contributed by atoms with E-state index in [2.05, 4.69) is 20.8 Å². The molecule has 0 unspecified atom stereocenters. The van der Waals surface area contributed by atoms with Gasteiger partial charge in [0.05, 0.1) is 19.8 Å². The third-order valence-corrected chi connectivity index (χ3v) is 2.47. The van der Waals surface area contributed by atoms with E-state index in [1.807, 2.05) is 6.07 Å². The highest BCUT2D eigenvalue weighted by molar-refractivity contribution is 5.81. The van der Waals surface area contributed by atoms with Crippen LogP contribution in [0.3, 0.4) is 0 Å². The Morgan fingerprint density at radius 2 is 1.75 bits per heavy atom. The Hall–Kier alpha value is -1.51. The van der Waals surface area contributed by atoms with Gasteiger partial charge in [-0.3, -0.25) is 4.79 Å². The van der Waals surface area contributed by atoms with Crippen molar-refractivity contribution in [3.05, 3.63) is 23.3 Å². The molecule has 1 aromatic rings. The molecule has 0 fully saturated rings. The summed E-state index contributed by atoms with van der Waals surface area (Å²) in [6.07, 6.45) is 0.788. The fourth-order valence-electron chi connectivity index (χ4n) is 1.61. The maximum atomic E-state index is 11.0. The molecule has 0 bridgehead atoms. The number of carbonyl (C=O) groups is 1. The Kier molecular flexibility index (Phi) is 3.58. The Morgan fingerprint density at radius 3 is 2.12 bits per heavy atom. The van der Waals surface area contributed by atoms with Gasteiger partial charge >= 0.3 is 0 Å². The van der Waals surface area contributed by atoms with E-state index in [4.69, 9.17) is 9.47 Å². The first kappa shape index (κ1) is 12.6. The predicted octanol–water partition coefficient (Wildman–Crippen LogP) is 2.81. The number of carbonyl (C=O) groups excluding carboxylic acids is 1. The lowest BCUT2D eigenvalue weighted by Crippen LogP contribution is -2.14. The average Bonchev–Trinajstić information content (AvgIpc) is 2.25. The van der Waals surface area contributed by atoms with Crippen molar-refractivity contribution < 1.29 is 14.3 Å². The van der Waals surface area contributed by atoms with Gasteiger partial charge in [-0.25, -0.2) is 0 Å². The Labute approximate surface area is 96.4 Å². The van der Waals surface area contributed by atoms with Crippen molar-refractivity contribution in [2.45, 2.75) is 26.2 Å². The Balaban J connectivity index is 3.49. The van der Waals surface area contributed by atoms with Crippen molar-refractivity contribution in [1.82, 2.24) is 0 Å². The zero-order valence-corrected chi connectivity index (χ0v) is 10.5. The average molecular weight is 222 g/mol. The molecule has 0 amide bonds. The summed E-state index contributed by atoms with van der Waals surface area (Å²) in [6, 6.07) is 3.59. The van der Waals surface area contributed by atoms with E-state index in [-0.39, 0.29) is 5.41 Å². The third-order valence-electron chi connectivity index (χ3n) is 2.47. The minimum atomic E-state index is -0.0996. The summed E-state index contributed by atoms with van der Waals surface area (Å²) in [5.41, 5.74) is 1.39. The molecule has 0 N–H and O–H groups in total. The summed E-state index contributed by atoms with van der Waals surface area (Å²) >= 11 is 0. The maximum Gasteiger partial charge on any atom is 0.153 e. The summed E-state index contributed by atoms with van der Waals surface area (Å²) in [7, 11) is 3.16. The molecule has 0 heterocycles. The number of aldehydes is 1. The van der Waals surface area contributed by atoms with Crippen LogP contribution in [0.25, 0.3) is 0 Å². The molecule has 1 rings (SSSR count). The highest BCUT2D eigenvalue weighted by atomic mass is 16.5. The largest absolute Gasteiger partial charge is 0.497 e. The lowest BCUT2D eigenvalue weighted by molar-refractivity contribution is 0.112. The van der Waals surface area contributed by atoms with Gasteiger partial charge in [0.25, 0.3) is 0 Å². The lowest BCUT2D eigenvalue weighted by Gasteiger charge is -2.23. The normalized spacial score (nSPS) is 11.1. The van der Waals surface area contributed by atoms with Crippen LogP contribution in [0.15, 0.2) is 12.1 Å². The van der Waals surface area contributed by atoms with E-state index >= 15 is 0 Å². The van der Waals surface area contributed by atoms with Crippen LogP contribution in [-0.2, 0) is 5.41 Å². The SMILES string of the molecule is COc1cc(C=O)c(OC)c(C(C)(C)C)c1. The van der Waals surface area contributed by atoms with E-state index in [1.54, 1.807) is 20.3 Å². The van der Waals surface area contributed by atoms with Crippen molar-refractivity contribution in [2.24, 2.45) is 0 Å². The Bertz CT molecular complexity index is 389. The molecule has 88 valence electrons. The molecule has 0 aromatic heterocycles. The maximum absolute atomic E-state index is 11.0. The molecule has 0 atom stereocenters. The first-order valence-electron chi connectivity index (χ1n) is 5.15. The van der Waals surface area contributed by atoms with Crippen LogP contribution in [0.4, 0.5) is 0 Å². The molecule has 16 heavy (non-hydrogen) atoms. The standard InChI is InChI=1S/C13H18O3/c1-13(2,3)11-7-10(15-4)6-9(8-14)12(11)16-5/h6-8H,1-5H3. The second kappa shape index (κ2) is 4.56. The molecule has 0 aliphatic carbocycles. The molecule has 3 heteroatoms. The first-order chi connectivity index (χ1) is 7.43. The van der Waals surface area contributed by atoms with E-state index in [0.717, 1.165) is 11.8 Å². The number of rotatable bonds is 3. The van der Waals surface area contributed by atoms with Gasteiger partial charge in [-0.15, -0.1) is 0 Å². The van der Waals surface area contributed by atoms with Gasteiger partial charge in [0.2, 0.25) is 0 Å². The smallest absolute Gasteiger partial charge is 0.153 e. The zero-order valence-electron chi connectivity index (χ0n) is 10.5. The molecule has 0 spiro atoms. The summed E-state index contributed by atoms with van der Waals surface area (Å²) < 4.78 is 10.5. The van der Waals surface area contributed by atoms with Crippen LogP contribution >= 0.6 is 0 Å². The third kappa shape index (κ3) is 2.35. The van der Waals surface area contributed by atoms with Crippen LogP contribution in [0.2, 0.25) is 0 Å². The number of methoxy groups -OCH3 is 2. The van der Waals surface area contributed by atoms with Crippen LogP contribution in [0, 0.1) is 0 Å². The fraction of sp³-hybridized carbons (Fsp3) is 0.462. The monoisotopic (exact) mass is 222 g/mol. The quantitative estimate of drug-likeness (QED) is 0.738. The van der Waals surface area contributed by atoms with Crippen molar-refractivity contribution in [3.8, 4) is 11.5 Å². The summed E-state index contributed by atoms with van der Waals surface area (Å²) in [6.45, 7) is 6.20. The highest BCUT2D eigenvalue weighted by Crippen LogP contribution is 2.36. The molecule has 0 radical (unpaired) electrons. The second-order valence-corrected chi connectivity index (χ2v) is 4.67. The lowest BCUT2D eigenvalue weighted by atomic mass is 9.85. The van der Waals surface area contributed by atoms with Gasteiger partial charge in [0.15, 0.2) is 6.29 Å². The zero-order chi connectivity index (χ0) is 12.3. The van der Waals surface area contributed by atoms with Crippen molar-refractivity contribution in [3.63, 3.8) is 0 Å². The number of hydrogen-bond donors (Lipinski definition) is 0. The summed E-state index contributed by atoms with van der Waals surface area (Å²) in [5.74, 6) is 1.30. The van der Waals surface area contributed by atoms with Gasteiger partial charge in [0, 0.05) is 5.56 Å². The van der Waals surface area contributed by atoms with Crippen molar-refractivity contribution in [2.75, 3.05) is 14.2 Å². The number of hydrogen-bond acceptors (Lipinski definition) is 3. The fourth-order valence-corrected chi connectivity index (χ4v) is 1.61. The topological polar surface area (TPSA) is 35.5 Å². The molecule has 3 nitrogen and oxygen atoms in total. The minimum absolute atomic E-state index is 0.0996. The molecular formula is C13H18O3. The van der Waals surface area contributed by atoms with Gasteiger partial charge < -0.3 is 9.47 Å². The van der Waals surface area contributed by atoms with E-state index in [1.165, 1.54) is 0 Å². The second-order valence-electron chi connectivity index (χ2n) is 4.67. The van der Waals surface area contributed by atoms with Crippen LogP contribution in [0.1, 0.15) is 36.7 Å². The van der Waals surface area contributed by atoms with Crippen LogP contribution in [-0.4, -0.2) is 20.5 Å². The Morgan fingerprint density at radius 1 is 1.12 bits per heavy atom. The molecule has 0 saturated heterocycles. The van der Waals surface area contributed by atoms with Crippen LogP contribution < -0.4 is 9.47 Å². The number of benzene rings is 1. The van der Waals surface area contributed by atoms with Gasteiger partial charge in [-0.1, -0.05) is 20.8 Å². The summed E-state index contributed by atoms with van der Waals surface area (Å²) in [5, 5.41) is 0. The van der Waals surface area contributed by atoms with Gasteiger partial charge in [0.1, 0.15) is 11.5 Å². The van der Waals surface area contributed by atoms with Gasteiger partial charge in [-0.2, -0.15) is 0 Å². The predicted molar refractivity (Wildman–Crippen MR) is 63.6 cm³/mol. The highest BCUT2D eigenvalue weighted by Gasteiger charge is 2.22. The van der Waals surface area contributed by atoms with Crippen molar-refractivity contribution >= 4 is 6.29 Å². The summed E-state index contributed by atoms with van der Waals surface area (Å²) in [4.78, 5) is 11.0. The minimum Gasteiger partial charge on any atom is -0.497 e. The van der Waals surface area contributed by atoms with E-state index in [9.17, 15) is 4.79 Å². The first-order valence-corrected chi connectivity index (χ1v) is 5.15. The van der Waals surface area contributed by atoms with Gasteiger partial charge in [-0.05, 0) is 17.5 Å². The van der Waals surface area contributed by atoms with Crippen LogP contribution in [0.5, 0.6) is 11.5 Å². The molecule has 0 aliphatic heterocycles. The molecule has 0 aliphatic rings. The molecule has 1 aromatic carbocycles. The molecular weight excluding hydrogens is 204 g/mol. The van der Waals surface area contributed by atoms with E-state index < -0.39 is 0 Å².